The molecule has 0 spiro atoms. The number of rotatable bonds is 0. The van der Waals surface area contributed by atoms with Gasteiger partial charge in [-0.3, -0.25) is 0 Å². The van der Waals surface area contributed by atoms with Crippen LogP contribution in [-0.4, -0.2) is 0 Å². The van der Waals surface area contributed by atoms with Gasteiger partial charge in [0.05, 0.1) is 0 Å². The van der Waals surface area contributed by atoms with Crippen LogP contribution in [0.25, 0.3) is 0 Å². The van der Waals surface area contributed by atoms with Crippen LogP contribution in [-0.2, 0) is 20.8 Å². The molecule has 20 heavy (non-hydrogen) atoms. The molecule has 0 N–H and O–H groups in total. The van der Waals surface area contributed by atoms with Crippen molar-refractivity contribution in [1.82, 2.24) is 0 Å². The van der Waals surface area contributed by atoms with E-state index < -0.39 is 20.8 Å². The predicted octanol–water partition coefficient (Wildman–Crippen LogP) is 6.71. The van der Waals surface area contributed by atoms with Gasteiger partial charge in [-0.05, 0) is 54.8 Å². The molecular weight excluding hydrogens is 366 g/mol. The molecule has 0 aromatic carbocycles. The molecule has 5 aliphatic rings. The van der Waals surface area contributed by atoms with Crippen LogP contribution in [0.5, 0.6) is 0 Å². The van der Waals surface area contributed by atoms with E-state index in [4.69, 9.17) is 17.0 Å². The van der Waals surface area contributed by atoms with Crippen LogP contribution in [0.3, 0.4) is 0 Å². The summed E-state index contributed by atoms with van der Waals surface area (Å²) in [6.07, 6.45) is 14.8. The van der Waals surface area contributed by atoms with Crippen LogP contribution in [0.2, 0.25) is 0 Å². The molecule has 2 unspecified atom stereocenters. The predicted molar refractivity (Wildman–Crippen MR) is 85.1 cm³/mol. The standard InChI is InChI=1S/C12H18.C5H10.2ClH.Zr/c1-12(2)9-6-8-4-3-5-10(8)11(12)7-9;1-2-4-5-3-1;;;/h9,11H,3-7H2,1-2H3;1-5H2;2*1H;/q;;;;+2/p-2. The third-order valence-electron chi connectivity index (χ3n) is 6.01. The quantitative estimate of drug-likeness (QED) is 0.428. The fourth-order valence-electron chi connectivity index (χ4n) is 4.62. The van der Waals surface area contributed by atoms with E-state index in [0.717, 1.165) is 11.8 Å². The van der Waals surface area contributed by atoms with Gasteiger partial charge >= 0.3 is 37.9 Å². The Morgan fingerprint density at radius 1 is 0.950 bits per heavy atom. The fraction of sp³-hybridized carbons (Fsp3) is 0.882. The van der Waals surface area contributed by atoms with Gasteiger partial charge < -0.3 is 0 Å². The molecule has 5 aliphatic carbocycles. The van der Waals surface area contributed by atoms with Gasteiger partial charge in [-0.1, -0.05) is 52.4 Å². The molecule has 5 fully saturated rings. The van der Waals surface area contributed by atoms with Gasteiger partial charge in [0.25, 0.3) is 0 Å². The van der Waals surface area contributed by atoms with E-state index in [9.17, 15) is 0 Å². The van der Waals surface area contributed by atoms with Crippen molar-refractivity contribution in [3.8, 4) is 0 Å². The molecule has 0 nitrogen and oxygen atoms in total. The maximum atomic E-state index is 4.93. The van der Waals surface area contributed by atoms with Gasteiger partial charge in [-0.15, -0.1) is 0 Å². The topological polar surface area (TPSA) is 0 Å². The van der Waals surface area contributed by atoms with Crippen molar-refractivity contribution in [2.75, 3.05) is 0 Å². The Kier molecular flexibility index (Phi) is 7.44. The first-order chi connectivity index (χ1) is 9.61. The van der Waals surface area contributed by atoms with Gasteiger partial charge in [0.2, 0.25) is 0 Å². The Hall–Kier alpha value is 1.46. The summed E-state index contributed by atoms with van der Waals surface area (Å²) in [6.45, 7) is 4.96. The molecule has 5 rings (SSSR count). The molecule has 0 aromatic heterocycles. The van der Waals surface area contributed by atoms with Crippen LogP contribution in [0, 0.1) is 29.1 Å². The number of hydrogen-bond donors (Lipinski definition) is 0. The molecule has 0 amide bonds. The molecular formula is C17H28Cl2Zr. The minimum atomic E-state index is -0.826. The molecule has 0 saturated heterocycles. The summed E-state index contributed by atoms with van der Waals surface area (Å²) in [4.78, 5) is 0. The summed E-state index contributed by atoms with van der Waals surface area (Å²) in [6, 6.07) is 0. The first-order valence-electron chi connectivity index (χ1n) is 8.28. The summed E-state index contributed by atoms with van der Waals surface area (Å²) >= 11 is -0.826. The molecule has 2 bridgehead atoms. The Morgan fingerprint density at radius 3 is 2.00 bits per heavy atom. The molecule has 114 valence electrons. The zero-order chi connectivity index (χ0) is 14.6. The van der Waals surface area contributed by atoms with Crippen LogP contribution in [0.4, 0.5) is 0 Å². The number of halogens is 2. The summed E-state index contributed by atoms with van der Waals surface area (Å²) in [5.74, 6) is 5.80. The fourth-order valence-corrected chi connectivity index (χ4v) is 4.62. The van der Waals surface area contributed by atoms with Crippen LogP contribution >= 0.6 is 17.0 Å². The van der Waals surface area contributed by atoms with Gasteiger partial charge in [-0.2, -0.15) is 0 Å². The monoisotopic (exact) mass is 392 g/mol. The molecule has 2 atom stereocenters. The van der Waals surface area contributed by atoms with Crippen molar-refractivity contribution in [3.63, 3.8) is 0 Å². The Morgan fingerprint density at radius 2 is 1.50 bits per heavy atom. The minimum absolute atomic E-state index is 0.670. The third-order valence-corrected chi connectivity index (χ3v) is 6.01. The maximum absolute atomic E-state index is 4.93. The van der Waals surface area contributed by atoms with Crippen LogP contribution in [0.15, 0.2) is 0 Å². The van der Waals surface area contributed by atoms with Crippen molar-refractivity contribution in [2.24, 2.45) is 17.3 Å². The average molecular weight is 395 g/mol. The van der Waals surface area contributed by atoms with E-state index in [2.05, 4.69) is 13.8 Å². The van der Waals surface area contributed by atoms with Gasteiger partial charge in [0, 0.05) is 0 Å². The summed E-state index contributed by atoms with van der Waals surface area (Å²) in [7, 11) is 9.87. The summed E-state index contributed by atoms with van der Waals surface area (Å²) < 4.78 is 0. The second kappa shape index (κ2) is 8.35. The SMILES string of the molecule is C1CCCC1.CC1(C)C2C[C]3CCC[C]3C1C2.[Cl][Zr][Cl]. The zero-order valence-corrected chi connectivity index (χ0v) is 17.0. The van der Waals surface area contributed by atoms with E-state index in [1.165, 1.54) is 64.2 Å². The summed E-state index contributed by atoms with van der Waals surface area (Å²) in [5.41, 5.74) is 0.670. The second-order valence-electron chi connectivity index (χ2n) is 7.33. The van der Waals surface area contributed by atoms with Gasteiger partial charge in [-0.25, -0.2) is 0 Å². The van der Waals surface area contributed by atoms with Crippen LogP contribution in [0.1, 0.15) is 78.1 Å². The first-order valence-corrected chi connectivity index (χ1v) is 14.6. The summed E-state index contributed by atoms with van der Waals surface area (Å²) in [5, 5.41) is 0. The van der Waals surface area contributed by atoms with Crippen molar-refractivity contribution in [1.29, 1.82) is 0 Å². The zero-order valence-electron chi connectivity index (χ0n) is 13.0. The Labute approximate surface area is 144 Å². The molecule has 0 aliphatic heterocycles. The van der Waals surface area contributed by atoms with E-state index >= 15 is 0 Å². The van der Waals surface area contributed by atoms with Crippen molar-refractivity contribution < 1.29 is 20.8 Å². The molecule has 3 heteroatoms. The Bertz CT molecular complexity index is 281. The van der Waals surface area contributed by atoms with Crippen molar-refractivity contribution in [2.45, 2.75) is 78.1 Å². The second-order valence-corrected chi connectivity index (χ2v) is 11.1. The first kappa shape index (κ1) is 17.8. The van der Waals surface area contributed by atoms with Crippen LogP contribution < -0.4 is 0 Å². The van der Waals surface area contributed by atoms with E-state index in [0.29, 0.717) is 5.41 Å². The molecule has 5 saturated carbocycles. The third kappa shape index (κ3) is 4.05. The van der Waals surface area contributed by atoms with E-state index in [1.54, 1.807) is 0 Å². The van der Waals surface area contributed by atoms with Crippen molar-refractivity contribution in [3.05, 3.63) is 11.8 Å². The van der Waals surface area contributed by atoms with E-state index in [-0.39, 0.29) is 0 Å². The van der Waals surface area contributed by atoms with Gasteiger partial charge in [0.1, 0.15) is 0 Å². The average Bonchev–Trinajstić information content (AvgIpc) is 3.13. The number of hydrogen-bond acceptors (Lipinski definition) is 0. The Balaban J connectivity index is 0.000000154. The molecule has 0 aromatic rings. The molecule has 2 radical (unpaired) electrons. The molecule has 0 heterocycles. The van der Waals surface area contributed by atoms with Gasteiger partial charge in [0.15, 0.2) is 0 Å². The van der Waals surface area contributed by atoms with Crippen molar-refractivity contribution >= 4 is 17.0 Å². The normalized spacial score (nSPS) is 34.0. The van der Waals surface area contributed by atoms with E-state index in [1.807, 2.05) is 11.8 Å².